The Balaban J connectivity index is 2.27. The molecular formula is C12H16ClNO3S2. The molecule has 0 bridgehead atoms. The second-order valence-electron chi connectivity index (χ2n) is 4.85. The predicted octanol–water partition coefficient (Wildman–Crippen LogP) is 3.00. The molecule has 19 heavy (non-hydrogen) atoms. The van der Waals surface area contributed by atoms with Gasteiger partial charge in [0, 0.05) is 29.2 Å². The molecule has 0 atom stereocenters. The fourth-order valence-corrected chi connectivity index (χ4v) is 5.04. The van der Waals surface area contributed by atoms with E-state index in [1.54, 1.807) is 24.3 Å². The molecule has 1 heterocycles. The van der Waals surface area contributed by atoms with Crippen molar-refractivity contribution in [2.24, 2.45) is 0 Å². The Kier molecular flexibility index (Phi) is 4.23. The van der Waals surface area contributed by atoms with E-state index in [9.17, 15) is 13.2 Å². The molecule has 1 amide bonds. The quantitative estimate of drug-likeness (QED) is 0.804. The maximum atomic E-state index is 12.4. The molecule has 2 rings (SSSR count). The number of carbonyl (C=O) groups is 1. The summed E-state index contributed by atoms with van der Waals surface area (Å²) < 4.78 is 22.8. The third kappa shape index (κ3) is 2.95. The van der Waals surface area contributed by atoms with Crippen LogP contribution in [0.25, 0.3) is 0 Å². The van der Waals surface area contributed by atoms with E-state index in [1.807, 2.05) is 0 Å². The highest BCUT2D eigenvalue weighted by Crippen LogP contribution is 2.31. The summed E-state index contributed by atoms with van der Waals surface area (Å²) in [6.07, 6.45) is 4.33. The van der Waals surface area contributed by atoms with Crippen LogP contribution in [0.15, 0.2) is 9.59 Å². The number of rotatable bonds is 3. The molecular weight excluding hydrogens is 306 g/mol. The lowest BCUT2D eigenvalue weighted by Gasteiger charge is -2.24. The minimum absolute atomic E-state index is 0.0670. The Bertz CT molecular complexity index is 588. The summed E-state index contributed by atoms with van der Waals surface area (Å²) in [5.74, 6) is -0.118. The molecule has 0 saturated heterocycles. The van der Waals surface area contributed by atoms with Gasteiger partial charge in [-0.05, 0) is 25.3 Å². The maximum absolute atomic E-state index is 12.4. The number of hydrogen-bond acceptors (Lipinski definition) is 4. The fraction of sp³-hybridized carbons (Fsp3) is 0.583. The zero-order valence-electron chi connectivity index (χ0n) is 10.8. The van der Waals surface area contributed by atoms with E-state index in [4.69, 9.17) is 10.7 Å². The molecule has 1 aromatic rings. The normalized spacial score (nSPS) is 16.8. The van der Waals surface area contributed by atoms with E-state index in [0.29, 0.717) is 11.1 Å². The van der Waals surface area contributed by atoms with Gasteiger partial charge in [-0.2, -0.15) is 0 Å². The zero-order valence-corrected chi connectivity index (χ0v) is 13.2. The van der Waals surface area contributed by atoms with E-state index in [2.05, 4.69) is 0 Å². The Morgan fingerprint density at radius 2 is 2.00 bits per heavy atom. The number of nitrogens with zero attached hydrogens (tertiary/aromatic N) is 1. The highest BCUT2D eigenvalue weighted by molar-refractivity contribution is 8.15. The van der Waals surface area contributed by atoms with Crippen molar-refractivity contribution in [2.75, 3.05) is 7.05 Å². The van der Waals surface area contributed by atoms with Gasteiger partial charge in [0.25, 0.3) is 15.0 Å². The molecule has 7 heteroatoms. The highest BCUT2D eigenvalue weighted by atomic mass is 35.7. The van der Waals surface area contributed by atoms with Crippen LogP contribution in [0.5, 0.6) is 0 Å². The molecule has 1 aromatic heterocycles. The van der Waals surface area contributed by atoms with Crippen LogP contribution in [-0.2, 0) is 9.05 Å². The number of thiophene rings is 1. The summed E-state index contributed by atoms with van der Waals surface area (Å²) in [5, 5.41) is 1.58. The Morgan fingerprint density at radius 1 is 1.42 bits per heavy atom. The van der Waals surface area contributed by atoms with E-state index in [1.165, 1.54) is 0 Å². The van der Waals surface area contributed by atoms with E-state index >= 15 is 0 Å². The van der Waals surface area contributed by atoms with E-state index in [0.717, 1.165) is 37.0 Å². The lowest BCUT2D eigenvalue weighted by atomic mass is 10.1. The molecule has 0 spiro atoms. The average Bonchev–Trinajstić information content (AvgIpc) is 2.94. The van der Waals surface area contributed by atoms with Crippen molar-refractivity contribution >= 4 is 37.0 Å². The Hall–Kier alpha value is -0.590. The van der Waals surface area contributed by atoms with Crippen molar-refractivity contribution in [3.63, 3.8) is 0 Å². The molecule has 4 nitrogen and oxygen atoms in total. The zero-order chi connectivity index (χ0) is 14.2. The van der Waals surface area contributed by atoms with Crippen LogP contribution in [0.1, 0.15) is 41.6 Å². The van der Waals surface area contributed by atoms with Gasteiger partial charge >= 0.3 is 0 Å². The largest absolute Gasteiger partial charge is 0.339 e. The van der Waals surface area contributed by atoms with Crippen LogP contribution in [0.4, 0.5) is 0 Å². The van der Waals surface area contributed by atoms with Crippen LogP contribution < -0.4 is 0 Å². The number of hydrogen-bond donors (Lipinski definition) is 0. The standard InChI is InChI=1S/C12H16ClNO3S2/c1-8-10(7-18-12(8)19(13,16)17)11(15)14(2)9-5-3-4-6-9/h7,9H,3-6H2,1-2H3. The van der Waals surface area contributed by atoms with Gasteiger partial charge in [-0.15, -0.1) is 11.3 Å². The van der Waals surface area contributed by atoms with Crippen LogP contribution in [0.3, 0.4) is 0 Å². The third-order valence-electron chi connectivity index (χ3n) is 3.64. The first-order valence-electron chi connectivity index (χ1n) is 6.12. The van der Waals surface area contributed by atoms with Gasteiger partial charge in [0.05, 0.1) is 5.56 Å². The lowest BCUT2D eigenvalue weighted by molar-refractivity contribution is 0.0735. The molecule has 1 aliphatic rings. The van der Waals surface area contributed by atoms with Crippen LogP contribution in [-0.4, -0.2) is 32.3 Å². The molecule has 0 aliphatic heterocycles. The van der Waals surface area contributed by atoms with Crippen molar-refractivity contribution in [1.82, 2.24) is 4.90 Å². The monoisotopic (exact) mass is 321 g/mol. The Morgan fingerprint density at radius 3 is 2.47 bits per heavy atom. The van der Waals surface area contributed by atoms with Gasteiger partial charge in [0.2, 0.25) is 0 Å². The summed E-state index contributed by atoms with van der Waals surface area (Å²) >= 11 is 1.00. The van der Waals surface area contributed by atoms with Crippen LogP contribution in [0, 0.1) is 6.92 Å². The summed E-state index contributed by atoms with van der Waals surface area (Å²) in [4.78, 5) is 14.1. The number of halogens is 1. The first-order chi connectivity index (χ1) is 8.82. The van der Waals surface area contributed by atoms with Crippen molar-refractivity contribution in [2.45, 2.75) is 42.9 Å². The minimum Gasteiger partial charge on any atom is -0.339 e. The molecule has 0 radical (unpaired) electrons. The first-order valence-corrected chi connectivity index (χ1v) is 9.31. The van der Waals surface area contributed by atoms with E-state index < -0.39 is 9.05 Å². The van der Waals surface area contributed by atoms with Gasteiger partial charge in [-0.1, -0.05) is 12.8 Å². The summed E-state index contributed by atoms with van der Waals surface area (Å²) in [7, 11) is 3.36. The molecule has 1 saturated carbocycles. The van der Waals surface area contributed by atoms with Crippen molar-refractivity contribution in [3.8, 4) is 0 Å². The summed E-state index contributed by atoms with van der Waals surface area (Å²) in [6, 6.07) is 0.267. The lowest BCUT2D eigenvalue weighted by Crippen LogP contribution is -2.35. The maximum Gasteiger partial charge on any atom is 0.271 e. The molecule has 0 unspecified atom stereocenters. The number of carbonyl (C=O) groups excluding carboxylic acids is 1. The van der Waals surface area contributed by atoms with Crippen molar-refractivity contribution < 1.29 is 13.2 Å². The van der Waals surface area contributed by atoms with Crippen LogP contribution >= 0.6 is 22.0 Å². The molecule has 106 valence electrons. The average molecular weight is 322 g/mol. The molecule has 0 aromatic carbocycles. The smallest absolute Gasteiger partial charge is 0.271 e. The predicted molar refractivity (Wildman–Crippen MR) is 76.4 cm³/mol. The summed E-state index contributed by atoms with van der Waals surface area (Å²) in [5.41, 5.74) is 0.897. The van der Waals surface area contributed by atoms with Gasteiger partial charge in [0.1, 0.15) is 4.21 Å². The summed E-state index contributed by atoms with van der Waals surface area (Å²) in [6.45, 7) is 1.63. The number of amides is 1. The van der Waals surface area contributed by atoms with Gasteiger partial charge < -0.3 is 4.90 Å². The SMILES string of the molecule is Cc1c(C(=O)N(C)C2CCCC2)csc1S(=O)(=O)Cl. The van der Waals surface area contributed by atoms with Gasteiger partial charge in [-0.25, -0.2) is 8.42 Å². The van der Waals surface area contributed by atoms with Crippen molar-refractivity contribution in [3.05, 3.63) is 16.5 Å². The second kappa shape index (κ2) is 5.42. The van der Waals surface area contributed by atoms with Gasteiger partial charge in [-0.3, -0.25) is 4.79 Å². The van der Waals surface area contributed by atoms with Gasteiger partial charge in [0.15, 0.2) is 0 Å². The molecule has 0 N–H and O–H groups in total. The first kappa shape index (κ1) is 14.8. The Labute approximate surface area is 121 Å². The fourth-order valence-electron chi connectivity index (χ4n) is 2.50. The second-order valence-corrected chi connectivity index (χ2v) is 8.49. The van der Waals surface area contributed by atoms with Crippen molar-refractivity contribution in [1.29, 1.82) is 0 Å². The topological polar surface area (TPSA) is 54.5 Å². The highest BCUT2D eigenvalue weighted by Gasteiger charge is 2.28. The molecule has 1 fully saturated rings. The molecule has 1 aliphatic carbocycles. The minimum atomic E-state index is -3.77. The van der Waals surface area contributed by atoms with Crippen LogP contribution in [0.2, 0.25) is 0 Å². The third-order valence-corrected chi connectivity index (χ3v) is 6.95. The van der Waals surface area contributed by atoms with E-state index in [-0.39, 0.29) is 16.2 Å².